The van der Waals surface area contributed by atoms with Crippen molar-refractivity contribution in [3.63, 3.8) is 0 Å². The lowest BCUT2D eigenvalue weighted by atomic mass is 10.2. The van der Waals surface area contributed by atoms with E-state index in [1.165, 1.54) is 19.1 Å². The minimum absolute atomic E-state index is 0.0660. The maximum atomic E-state index is 11.6. The highest BCUT2D eigenvalue weighted by Gasteiger charge is 2.22. The van der Waals surface area contributed by atoms with Crippen LogP contribution in [0, 0.1) is 6.92 Å². The molecule has 0 radical (unpaired) electrons. The van der Waals surface area contributed by atoms with Gasteiger partial charge in [-0.15, -0.1) is 11.6 Å². The number of hydrogen-bond donors (Lipinski definition) is 0. The van der Waals surface area contributed by atoms with E-state index in [0.29, 0.717) is 0 Å². The van der Waals surface area contributed by atoms with E-state index in [1.54, 1.807) is 12.1 Å². The first-order valence-electron chi connectivity index (χ1n) is 4.52. The average Bonchev–Trinajstić information content (AvgIpc) is 2.17. The average molecular weight is 263 g/mol. The number of benzene rings is 1. The Balaban J connectivity index is 2.95. The van der Waals surface area contributed by atoms with Gasteiger partial charge in [-0.2, -0.15) is 8.42 Å². The van der Waals surface area contributed by atoms with Crippen LogP contribution in [0.4, 0.5) is 0 Å². The van der Waals surface area contributed by atoms with E-state index in [-0.39, 0.29) is 4.90 Å². The molecule has 0 saturated carbocycles. The zero-order valence-corrected chi connectivity index (χ0v) is 10.4. The summed E-state index contributed by atoms with van der Waals surface area (Å²) in [4.78, 5) is 11.0. The van der Waals surface area contributed by atoms with E-state index in [0.717, 1.165) is 5.56 Å². The molecule has 0 fully saturated rings. The van der Waals surface area contributed by atoms with Crippen LogP contribution in [0.3, 0.4) is 0 Å². The Morgan fingerprint density at radius 2 is 1.81 bits per heavy atom. The summed E-state index contributed by atoms with van der Waals surface area (Å²) >= 11 is 5.41. The second-order valence-corrected chi connectivity index (χ2v) is 5.49. The summed E-state index contributed by atoms with van der Waals surface area (Å²) in [5, 5.41) is -1.000. The van der Waals surface area contributed by atoms with E-state index in [4.69, 9.17) is 11.6 Å². The van der Waals surface area contributed by atoms with E-state index in [9.17, 15) is 13.2 Å². The molecule has 1 unspecified atom stereocenters. The fraction of sp³-hybridized carbons (Fsp3) is 0.300. The lowest BCUT2D eigenvalue weighted by Gasteiger charge is -2.06. The van der Waals surface area contributed by atoms with Gasteiger partial charge in [0, 0.05) is 0 Å². The lowest BCUT2D eigenvalue weighted by molar-refractivity contribution is -0.133. The van der Waals surface area contributed by atoms with Crippen molar-refractivity contribution in [2.75, 3.05) is 0 Å². The van der Waals surface area contributed by atoms with Gasteiger partial charge in [-0.05, 0) is 26.0 Å². The Bertz CT molecular complexity index is 476. The third kappa shape index (κ3) is 3.21. The van der Waals surface area contributed by atoms with E-state index >= 15 is 0 Å². The molecule has 0 amide bonds. The molecule has 0 saturated heterocycles. The van der Waals surface area contributed by atoms with Gasteiger partial charge in [0.25, 0.3) is 0 Å². The van der Waals surface area contributed by atoms with Gasteiger partial charge < -0.3 is 4.18 Å². The quantitative estimate of drug-likeness (QED) is 0.616. The zero-order valence-electron chi connectivity index (χ0n) is 8.81. The van der Waals surface area contributed by atoms with Gasteiger partial charge in [0.05, 0.1) is 0 Å². The number of alkyl halides is 1. The molecular weight excluding hydrogens is 252 g/mol. The van der Waals surface area contributed by atoms with Crippen LogP contribution in [0.1, 0.15) is 12.5 Å². The molecule has 0 bridgehead atoms. The number of aryl methyl sites for hydroxylation is 1. The summed E-state index contributed by atoms with van der Waals surface area (Å²) in [7, 11) is -4.06. The highest BCUT2D eigenvalue weighted by atomic mass is 35.5. The van der Waals surface area contributed by atoms with Gasteiger partial charge in [-0.1, -0.05) is 17.7 Å². The Morgan fingerprint density at radius 1 is 1.31 bits per heavy atom. The van der Waals surface area contributed by atoms with Crippen LogP contribution >= 0.6 is 11.6 Å². The van der Waals surface area contributed by atoms with Crippen molar-refractivity contribution in [1.82, 2.24) is 0 Å². The summed E-state index contributed by atoms with van der Waals surface area (Å²) in [5.74, 6) is -0.984. The highest BCUT2D eigenvalue weighted by molar-refractivity contribution is 7.87. The molecule has 0 aliphatic carbocycles. The monoisotopic (exact) mass is 262 g/mol. The highest BCUT2D eigenvalue weighted by Crippen LogP contribution is 2.14. The Labute approximate surface area is 99.3 Å². The van der Waals surface area contributed by atoms with Crippen molar-refractivity contribution in [2.45, 2.75) is 24.1 Å². The Kier molecular flexibility index (Phi) is 3.93. The minimum Gasteiger partial charge on any atom is -0.341 e. The number of halogens is 1. The second kappa shape index (κ2) is 4.84. The molecule has 0 N–H and O–H groups in total. The topological polar surface area (TPSA) is 60.4 Å². The molecule has 6 heteroatoms. The third-order valence-corrected chi connectivity index (χ3v) is 3.24. The molecular formula is C10H11ClO4S. The van der Waals surface area contributed by atoms with Gasteiger partial charge in [-0.3, -0.25) is 0 Å². The zero-order chi connectivity index (χ0) is 12.3. The molecule has 88 valence electrons. The molecule has 4 nitrogen and oxygen atoms in total. The van der Waals surface area contributed by atoms with Gasteiger partial charge in [0.1, 0.15) is 10.3 Å². The van der Waals surface area contributed by atoms with E-state index in [2.05, 4.69) is 4.18 Å². The molecule has 0 spiro atoms. The number of carbonyl (C=O) groups is 1. The van der Waals surface area contributed by atoms with Crippen molar-refractivity contribution in [3.8, 4) is 0 Å². The summed E-state index contributed by atoms with van der Waals surface area (Å²) in [6, 6.07) is 5.98. The molecule has 16 heavy (non-hydrogen) atoms. The Hall–Kier alpha value is -1.07. The number of rotatable bonds is 3. The van der Waals surface area contributed by atoms with Crippen molar-refractivity contribution >= 4 is 27.7 Å². The van der Waals surface area contributed by atoms with Crippen LogP contribution < -0.4 is 0 Å². The van der Waals surface area contributed by atoms with Crippen LogP contribution in [-0.4, -0.2) is 19.8 Å². The molecule has 0 heterocycles. The predicted octanol–water partition coefficient (Wildman–Crippen LogP) is 1.85. The summed E-state index contributed by atoms with van der Waals surface area (Å²) < 4.78 is 27.4. The van der Waals surface area contributed by atoms with Crippen LogP contribution in [0.25, 0.3) is 0 Å². The van der Waals surface area contributed by atoms with E-state index in [1.807, 2.05) is 6.92 Å². The van der Waals surface area contributed by atoms with Crippen LogP contribution in [0.2, 0.25) is 0 Å². The van der Waals surface area contributed by atoms with Gasteiger partial charge in [-0.25, -0.2) is 4.79 Å². The summed E-state index contributed by atoms with van der Waals surface area (Å²) in [6.45, 7) is 3.16. The maximum absolute atomic E-state index is 11.6. The fourth-order valence-corrected chi connectivity index (χ4v) is 1.95. The molecule has 0 aliphatic heterocycles. The van der Waals surface area contributed by atoms with Crippen LogP contribution in [-0.2, 0) is 19.1 Å². The third-order valence-electron chi connectivity index (χ3n) is 1.83. The first-order chi connectivity index (χ1) is 7.33. The first kappa shape index (κ1) is 13.0. The molecule has 1 atom stereocenters. The van der Waals surface area contributed by atoms with E-state index < -0.39 is 21.5 Å². The molecule has 1 aromatic rings. The van der Waals surface area contributed by atoms with Crippen molar-refractivity contribution in [2.24, 2.45) is 0 Å². The Morgan fingerprint density at radius 3 is 2.25 bits per heavy atom. The standard InChI is InChI=1S/C10H11ClO4S/c1-7-3-5-9(6-4-7)16(13,14)15-10(12)8(2)11/h3-6,8H,1-2H3. The fourth-order valence-electron chi connectivity index (χ4n) is 0.927. The van der Waals surface area contributed by atoms with Crippen molar-refractivity contribution in [3.05, 3.63) is 29.8 Å². The van der Waals surface area contributed by atoms with Crippen LogP contribution in [0.5, 0.6) is 0 Å². The van der Waals surface area contributed by atoms with Gasteiger partial charge >= 0.3 is 16.1 Å². The number of hydrogen-bond acceptors (Lipinski definition) is 4. The van der Waals surface area contributed by atoms with Crippen LogP contribution in [0.15, 0.2) is 29.2 Å². The molecule has 1 aromatic carbocycles. The SMILES string of the molecule is Cc1ccc(S(=O)(=O)OC(=O)C(C)Cl)cc1. The second-order valence-electron chi connectivity index (χ2n) is 3.29. The largest absolute Gasteiger partial charge is 0.341 e. The lowest BCUT2D eigenvalue weighted by Crippen LogP contribution is -2.19. The predicted molar refractivity (Wildman–Crippen MR) is 59.8 cm³/mol. The first-order valence-corrected chi connectivity index (χ1v) is 6.36. The number of carbonyl (C=O) groups excluding carboxylic acids is 1. The minimum atomic E-state index is -4.06. The molecule has 0 aromatic heterocycles. The van der Waals surface area contributed by atoms with Crippen molar-refractivity contribution < 1.29 is 17.4 Å². The normalized spacial score (nSPS) is 13.2. The molecule has 0 aliphatic rings. The maximum Gasteiger partial charge on any atom is 0.341 e. The smallest absolute Gasteiger partial charge is 0.341 e. The van der Waals surface area contributed by atoms with Crippen molar-refractivity contribution in [1.29, 1.82) is 0 Å². The molecule has 1 rings (SSSR count). The summed E-state index contributed by atoms with van der Waals surface area (Å²) in [5.41, 5.74) is 0.913. The summed E-state index contributed by atoms with van der Waals surface area (Å²) in [6.07, 6.45) is 0. The van der Waals surface area contributed by atoms with Gasteiger partial charge in [0.15, 0.2) is 0 Å². The van der Waals surface area contributed by atoms with Gasteiger partial charge in [0.2, 0.25) is 0 Å².